The molecule has 0 rings (SSSR count). The SMILES string of the molecule is CC(Br)C(=O)NCCCCCO. The lowest BCUT2D eigenvalue weighted by Crippen LogP contribution is -2.30. The highest BCUT2D eigenvalue weighted by Gasteiger charge is 2.05. The van der Waals surface area contributed by atoms with Crippen LogP contribution in [-0.4, -0.2) is 29.0 Å². The van der Waals surface area contributed by atoms with Crippen LogP contribution < -0.4 is 5.32 Å². The summed E-state index contributed by atoms with van der Waals surface area (Å²) in [6.45, 7) is 2.74. The van der Waals surface area contributed by atoms with Crippen molar-refractivity contribution in [2.24, 2.45) is 0 Å². The number of aliphatic hydroxyl groups is 1. The zero-order chi connectivity index (χ0) is 9.40. The van der Waals surface area contributed by atoms with E-state index >= 15 is 0 Å². The lowest BCUT2D eigenvalue weighted by atomic mass is 10.2. The summed E-state index contributed by atoms with van der Waals surface area (Å²) >= 11 is 3.17. The zero-order valence-corrected chi connectivity index (χ0v) is 8.93. The van der Waals surface area contributed by atoms with Gasteiger partial charge in [-0.15, -0.1) is 0 Å². The average Bonchev–Trinajstić information content (AvgIpc) is 2.03. The third-order valence-corrected chi connectivity index (χ3v) is 1.91. The Morgan fingerprint density at radius 3 is 2.67 bits per heavy atom. The molecule has 3 nitrogen and oxygen atoms in total. The van der Waals surface area contributed by atoms with Crippen molar-refractivity contribution in [3.8, 4) is 0 Å². The van der Waals surface area contributed by atoms with E-state index in [0.717, 1.165) is 19.3 Å². The van der Waals surface area contributed by atoms with Crippen molar-refractivity contribution < 1.29 is 9.90 Å². The van der Waals surface area contributed by atoms with Crippen molar-refractivity contribution in [1.29, 1.82) is 0 Å². The Morgan fingerprint density at radius 1 is 1.50 bits per heavy atom. The second-order valence-corrected chi connectivity index (χ2v) is 4.06. The first kappa shape index (κ1) is 11.9. The molecule has 0 bridgehead atoms. The van der Waals surface area contributed by atoms with Crippen LogP contribution in [0.5, 0.6) is 0 Å². The summed E-state index contributed by atoms with van der Waals surface area (Å²) in [6.07, 6.45) is 2.72. The summed E-state index contributed by atoms with van der Waals surface area (Å²) in [5.41, 5.74) is 0. The maximum absolute atomic E-state index is 11.0. The standard InChI is InChI=1S/C8H16BrNO2/c1-7(9)8(12)10-5-3-2-4-6-11/h7,11H,2-6H2,1H3,(H,10,12). The van der Waals surface area contributed by atoms with Crippen LogP contribution >= 0.6 is 15.9 Å². The van der Waals surface area contributed by atoms with E-state index in [1.165, 1.54) is 0 Å². The number of carbonyl (C=O) groups excluding carboxylic acids is 1. The van der Waals surface area contributed by atoms with Crippen LogP contribution in [0.4, 0.5) is 0 Å². The number of nitrogens with one attached hydrogen (secondary N) is 1. The molecular weight excluding hydrogens is 222 g/mol. The first-order valence-corrected chi connectivity index (χ1v) is 5.12. The molecule has 1 amide bonds. The molecule has 0 aliphatic heterocycles. The van der Waals surface area contributed by atoms with E-state index in [1.54, 1.807) is 6.92 Å². The Morgan fingerprint density at radius 2 is 2.17 bits per heavy atom. The summed E-state index contributed by atoms with van der Waals surface area (Å²) in [6, 6.07) is 0. The number of alkyl halides is 1. The minimum atomic E-state index is -0.115. The molecule has 0 aromatic heterocycles. The van der Waals surface area contributed by atoms with Gasteiger partial charge in [-0.25, -0.2) is 0 Å². The predicted octanol–water partition coefficient (Wildman–Crippen LogP) is 1.05. The lowest BCUT2D eigenvalue weighted by Gasteiger charge is -2.05. The first-order valence-electron chi connectivity index (χ1n) is 4.21. The van der Waals surface area contributed by atoms with Gasteiger partial charge in [-0.3, -0.25) is 4.79 Å². The van der Waals surface area contributed by atoms with Crippen LogP contribution in [0, 0.1) is 0 Å². The Hall–Kier alpha value is -0.0900. The van der Waals surface area contributed by atoms with Crippen molar-refractivity contribution in [1.82, 2.24) is 5.32 Å². The number of hydrogen-bond acceptors (Lipinski definition) is 2. The summed E-state index contributed by atoms with van der Waals surface area (Å²) in [4.78, 5) is 10.9. The van der Waals surface area contributed by atoms with Gasteiger partial charge in [-0.2, -0.15) is 0 Å². The number of unbranched alkanes of at least 4 members (excludes halogenated alkanes) is 2. The van der Waals surface area contributed by atoms with Crippen LogP contribution in [-0.2, 0) is 4.79 Å². The van der Waals surface area contributed by atoms with Gasteiger partial charge in [0.2, 0.25) is 5.91 Å². The van der Waals surface area contributed by atoms with Gasteiger partial charge in [0, 0.05) is 13.2 Å². The van der Waals surface area contributed by atoms with Crippen molar-refractivity contribution in [3.05, 3.63) is 0 Å². The van der Waals surface area contributed by atoms with Gasteiger partial charge in [0.15, 0.2) is 0 Å². The monoisotopic (exact) mass is 237 g/mol. The molecule has 0 saturated carbocycles. The minimum Gasteiger partial charge on any atom is -0.396 e. The molecule has 1 atom stereocenters. The highest BCUT2D eigenvalue weighted by Crippen LogP contribution is 1.97. The van der Waals surface area contributed by atoms with E-state index in [4.69, 9.17) is 5.11 Å². The van der Waals surface area contributed by atoms with E-state index < -0.39 is 0 Å². The molecule has 0 aromatic rings. The Balaban J connectivity index is 3.14. The van der Waals surface area contributed by atoms with Gasteiger partial charge in [-0.05, 0) is 26.2 Å². The number of halogens is 1. The number of hydrogen-bond donors (Lipinski definition) is 2. The number of rotatable bonds is 6. The Kier molecular flexibility index (Phi) is 7.50. The molecule has 0 aliphatic rings. The average molecular weight is 238 g/mol. The van der Waals surface area contributed by atoms with E-state index in [-0.39, 0.29) is 17.3 Å². The first-order chi connectivity index (χ1) is 5.68. The largest absolute Gasteiger partial charge is 0.396 e. The van der Waals surface area contributed by atoms with Gasteiger partial charge < -0.3 is 10.4 Å². The molecule has 4 heteroatoms. The molecule has 72 valence electrons. The van der Waals surface area contributed by atoms with Crippen molar-refractivity contribution in [3.63, 3.8) is 0 Å². The topological polar surface area (TPSA) is 49.3 Å². The lowest BCUT2D eigenvalue weighted by molar-refractivity contribution is -0.120. The smallest absolute Gasteiger partial charge is 0.233 e. The maximum atomic E-state index is 11.0. The van der Waals surface area contributed by atoms with E-state index in [2.05, 4.69) is 21.2 Å². The molecule has 0 aromatic carbocycles. The molecular formula is C8H16BrNO2. The fourth-order valence-electron chi connectivity index (χ4n) is 0.766. The molecule has 0 fully saturated rings. The molecule has 0 aliphatic carbocycles. The number of amides is 1. The molecule has 0 radical (unpaired) electrons. The summed E-state index contributed by atoms with van der Waals surface area (Å²) in [7, 11) is 0. The summed E-state index contributed by atoms with van der Waals surface area (Å²) in [5, 5.41) is 11.2. The quantitative estimate of drug-likeness (QED) is 0.536. The van der Waals surface area contributed by atoms with Gasteiger partial charge in [-0.1, -0.05) is 15.9 Å². The maximum Gasteiger partial charge on any atom is 0.233 e. The Labute approximate surface area is 81.7 Å². The second-order valence-electron chi connectivity index (χ2n) is 2.69. The van der Waals surface area contributed by atoms with Crippen LogP contribution in [0.1, 0.15) is 26.2 Å². The van der Waals surface area contributed by atoms with Crippen molar-refractivity contribution in [2.45, 2.75) is 31.0 Å². The van der Waals surface area contributed by atoms with E-state index in [0.29, 0.717) is 6.54 Å². The third kappa shape index (κ3) is 6.61. The van der Waals surface area contributed by atoms with Gasteiger partial charge in [0.05, 0.1) is 4.83 Å². The van der Waals surface area contributed by atoms with Crippen molar-refractivity contribution in [2.75, 3.05) is 13.2 Å². The van der Waals surface area contributed by atoms with Crippen LogP contribution in [0.25, 0.3) is 0 Å². The highest BCUT2D eigenvalue weighted by molar-refractivity contribution is 9.10. The fraction of sp³-hybridized carbons (Fsp3) is 0.875. The molecule has 2 N–H and O–H groups in total. The van der Waals surface area contributed by atoms with Crippen molar-refractivity contribution >= 4 is 21.8 Å². The third-order valence-electron chi connectivity index (χ3n) is 1.50. The van der Waals surface area contributed by atoms with Gasteiger partial charge in [0.25, 0.3) is 0 Å². The molecule has 0 spiro atoms. The molecule has 12 heavy (non-hydrogen) atoms. The summed E-state index contributed by atoms with van der Waals surface area (Å²) in [5.74, 6) is 0.0269. The zero-order valence-electron chi connectivity index (χ0n) is 7.35. The molecule has 1 unspecified atom stereocenters. The van der Waals surface area contributed by atoms with Crippen LogP contribution in [0.2, 0.25) is 0 Å². The normalized spacial score (nSPS) is 12.6. The highest BCUT2D eigenvalue weighted by atomic mass is 79.9. The van der Waals surface area contributed by atoms with Gasteiger partial charge >= 0.3 is 0 Å². The molecule has 0 heterocycles. The van der Waals surface area contributed by atoms with Crippen LogP contribution in [0.3, 0.4) is 0 Å². The second kappa shape index (κ2) is 7.55. The summed E-state index contributed by atoms with van der Waals surface area (Å²) < 4.78 is 0. The minimum absolute atomic E-state index is 0.0269. The Bertz CT molecular complexity index is 128. The number of carbonyl (C=O) groups is 1. The van der Waals surface area contributed by atoms with Gasteiger partial charge in [0.1, 0.15) is 0 Å². The number of aliphatic hydroxyl groups excluding tert-OH is 1. The fourth-order valence-corrected chi connectivity index (χ4v) is 0.928. The van der Waals surface area contributed by atoms with E-state index in [1.807, 2.05) is 0 Å². The molecule has 0 saturated heterocycles. The van der Waals surface area contributed by atoms with E-state index in [9.17, 15) is 4.79 Å². The van der Waals surface area contributed by atoms with Crippen LogP contribution in [0.15, 0.2) is 0 Å². The predicted molar refractivity (Wildman–Crippen MR) is 52.3 cm³/mol.